The molecule has 3 rings (SSSR count). The van der Waals surface area contributed by atoms with Gasteiger partial charge in [-0.25, -0.2) is 0 Å². The van der Waals surface area contributed by atoms with Gasteiger partial charge in [0.15, 0.2) is 11.0 Å². The largest absolute Gasteiger partial charge is 0.497 e. The second-order valence-corrected chi connectivity index (χ2v) is 6.85. The maximum absolute atomic E-state index is 12.5. The molecule has 0 unspecified atom stereocenters. The number of methoxy groups -OCH3 is 3. The van der Waals surface area contributed by atoms with Gasteiger partial charge in [0, 0.05) is 18.9 Å². The van der Waals surface area contributed by atoms with Crippen LogP contribution in [0.4, 0.5) is 5.69 Å². The minimum atomic E-state index is -0.186. The number of nitrogens with zero attached hydrogens (tertiary/aromatic N) is 3. The molecule has 1 heterocycles. The Labute approximate surface area is 173 Å². The highest BCUT2D eigenvalue weighted by Crippen LogP contribution is 2.29. The number of nitrogens with one attached hydrogen (secondary N) is 1. The molecule has 0 radical (unpaired) electrons. The van der Waals surface area contributed by atoms with E-state index in [0.717, 1.165) is 5.69 Å². The number of thioether (sulfide) groups is 1. The number of ether oxygens (including phenoxy) is 3. The third-order valence-corrected chi connectivity index (χ3v) is 4.93. The topological polar surface area (TPSA) is 87.5 Å². The van der Waals surface area contributed by atoms with Gasteiger partial charge in [0.05, 0.1) is 25.7 Å². The molecule has 0 aliphatic heterocycles. The van der Waals surface area contributed by atoms with Crippen LogP contribution in [0.2, 0.25) is 0 Å². The average Bonchev–Trinajstić information content (AvgIpc) is 3.16. The highest BCUT2D eigenvalue weighted by atomic mass is 32.2. The van der Waals surface area contributed by atoms with Crippen molar-refractivity contribution >= 4 is 23.4 Å². The number of para-hydroxylation sites is 1. The molecule has 152 valence electrons. The zero-order valence-electron chi connectivity index (χ0n) is 16.4. The Balaban J connectivity index is 1.72. The highest BCUT2D eigenvalue weighted by Gasteiger charge is 2.16. The van der Waals surface area contributed by atoms with Crippen molar-refractivity contribution < 1.29 is 19.0 Å². The Hall–Kier alpha value is -3.04. The number of aromatic nitrogens is 3. The lowest BCUT2D eigenvalue weighted by Crippen LogP contribution is -2.15. The summed E-state index contributed by atoms with van der Waals surface area (Å²) in [4.78, 5) is 12.5. The second-order valence-electron chi connectivity index (χ2n) is 5.91. The van der Waals surface area contributed by atoms with E-state index >= 15 is 0 Å². The number of hydrogen-bond acceptors (Lipinski definition) is 7. The quantitative estimate of drug-likeness (QED) is 0.538. The average molecular weight is 414 g/mol. The number of carbonyl (C=O) groups excluding carboxylic acids is 1. The molecule has 3 aromatic rings. The molecule has 0 fully saturated rings. The predicted molar refractivity (Wildman–Crippen MR) is 111 cm³/mol. The lowest BCUT2D eigenvalue weighted by molar-refractivity contribution is -0.113. The molecule has 9 heteroatoms. The van der Waals surface area contributed by atoms with Gasteiger partial charge in [0.2, 0.25) is 5.91 Å². The van der Waals surface area contributed by atoms with Gasteiger partial charge in [-0.15, -0.1) is 10.2 Å². The molecule has 0 bridgehead atoms. The molecule has 0 spiro atoms. The minimum Gasteiger partial charge on any atom is -0.497 e. The maximum atomic E-state index is 12.5. The summed E-state index contributed by atoms with van der Waals surface area (Å²) in [7, 11) is 4.72. The van der Waals surface area contributed by atoms with Gasteiger partial charge in [-0.3, -0.25) is 9.36 Å². The summed E-state index contributed by atoms with van der Waals surface area (Å²) >= 11 is 1.29. The molecule has 0 aliphatic rings. The van der Waals surface area contributed by atoms with Crippen molar-refractivity contribution in [3.8, 4) is 17.2 Å². The van der Waals surface area contributed by atoms with E-state index in [0.29, 0.717) is 34.8 Å². The first kappa shape index (κ1) is 20.7. The van der Waals surface area contributed by atoms with Crippen molar-refractivity contribution in [1.82, 2.24) is 14.8 Å². The second kappa shape index (κ2) is 9.94. The first-order chi connectivity index (χ1) is 14.2. The first-order valence-electron chi connectivity index (χ1n) is 8.79. The van der Waals surface area contributed by atoms with Crippen molar-refractivity contribution in [2.24, 2.45) is 0 Å². The molecule has 8 nitrogen and oxygen atoms in total. The highest BCUT2D eigenvalue weighted by molar-refractivity contribution is 7.99. The van der Waals surface area contributed by atoms with Gasteiger partial charge in [-0.1, -0.05) is 30.0 Å². The van der Waals surface area contributed by atoms with Crippen molar-refractivity contribution in [3.63, 3.8) is 0 Å². The molecule has 1 aromatic heterocycles. The number of rotatable bonds is 9. The van der Waals surface area contributed by atoms with Crippen molar-refractivity contribution in [2.45, 2.75) is 11.8 Å². The fourth-order valence-electron chi connectivity index (χ4n) is 2.67. The van der Waals surface area contributed by atoms with Crippen molar-refractivity contribution in [2.75, 3.05) is 32.4 Å². The summed E-state index contributed by atoms with van der Waals surface area (Å²) < 4.78 is 17.6. The number of hydrogen-bond donors (Lipinski definition) is 1. The third kappa shape index (κ3) is 5.07. The number of benzene rings is 2. The van der Waals surface area contributed by atoms with E-state index < -0.39 is 0 Å². The number of amides is 1. The molecule has 0 atom stereocenters. The Morgan fingerprint density at radius 2 is 1.86 bits per heavy atom. The Morgan fingerprint density at radius 1 is 1.07 bits per heavy atom. The van der Waals surface area contributed by atoms with Crippen molar-refractivity contribution in [3.05, 3.63) is 54.4 Å². The van der Waals surface area contributed by atoms with E-state index in [9.17, 15) is 4.79 Å². The maximum Gasteiger partial charge on any atom is 0.234 e. The lowest BCUT2D eigenvalue weighted by atomic mass is 10.2. The van der Waals surface area contributed by atoms with E-state index in [1.165, 1.54) is 11.8 Å². The molecule has 0 saturated heterocycles. The van der Waals surface area contributed by atoms with Gasteiger partial charge >= 0.3 is 0 Å². The smallest absolute Gasteiger partial charge is 0.234 e. The summed E-state index contributed by atoms with van der Waals surface area (Å²) in [6.07, 6.45) is 0. The van der Waals surface area contributed by atoms with Gasteiger partial charge in [-0.05, 0) is 24.3 Å². The van der Waals surface area contributed by atoms with Crippen LogP contribution in [0.3, 0.4) is 0 Å². The molecule has 29 heavy (non-hydrogen) atoms. The van der Waals surface area contributed by atoms with E-state index in [1.807, 2.05) is 34.9 Å². The fourth-order valence-corrected chi connectivity index (χ4v) is 3.44. The fraction of sp³-hybridized carbons (Fsp3) is 0.250. The van der Waals surface area contributed by atoms with Gasteiger partial charge in [-0.2, -0.15) is 0 Å². The lowest BCUT2D eigenvalue weighted by Gasteiger charge is -2.12. The minimum absolute atomic E-state index is 0.160. The van der Waals surface area contributed by atoms with Crippen molar-refractivity contribution in [1.29, 1.82) is 0 Å². The monoisotopic (exact) mass is 414 g/mol. The van der Waals surface area contributed by atoms with Crippen LogP contribution < -0.4 is 14.8 Å². The van der Waals surface area contributed by atoms with Crippen LogP contribution in [0.15, 0.2) is 53.7 Å². The molecule has 1 amide bonds. The van der Waals surface area contributed by atoms with Gasteiger partial charge in [0.1, 0.15) is 18.1 Å². The predicted octanol–water partition coefficient (Wildman–Crippen LogP) is 3.16. The van der Waals surface area contributed by atoms with Crippen LogP contribution in [0.25, 0.3) is 5.69 Å². The first-order valence-corrected chi connectivity index (χ1v) is 9.78. The molecular weight excluding hydrogens is 392 g/mol. The summed E-state index contributed by atoms with van der Waals surface area (Å²) in [5.74, 6) is 1.81. The van der Waals surface area contributed by atoms with Crippen LogP contribution in [-0.4, -0.2) is 47.8 Å². The van der Waals surface area contributed by atoms with Crippen LogP contribution in [0, 0.1) is 0 Å². The molecule has 0 aliphatic carbocycles. The summed E-state index contributed by atoms with van der Waals surface area (Å²) in [6, 6.07) is 14.9. The summed E-state index contributed by atoms with van der Waals surface area (Å²) in [5, 5.41) is 11.9. The van der Waals surface area contributed by atoms with E-state index in [2.05, 4.69) is 15.5 Å². The third-order valence-electron chi connectivity index (χ3n) is 4.00. The molecule has 1 N–H and O–H groups in total. The van der Waals surface area contributed by atoms with Gasteiger partial charge < -0.3 is 19.5 Å². The summed E-state index contributed by atoms with van der Waals surface area (Å²) in [6.45, 7) is 0.317. The normalized spacial score (nSPS) is 10.6. The standard InChI is InChI=1S/C20H22N4O4S/c1-26-12-18-22-23-20(24(18)14-7-5-4-6-8-14)29-13-19(25)21-16-10-9-15(27-2)11-17(16)28-3/h4-11H,12-13H2,1-3H3,(H,21,25). The van der Waals surface area contributed by atoms with Crippen LogP contribution >= 0.6 is 11.8 Å². The zero-order valence-corrected chi connectivity index (χ0v) is 17.2. The van der Waals surface area contributed by atoms with Crippen LogP contribution in [0.1, 0.15) is 5.82 Å². The number of anilines is 1. The Morgan fingerprint density at radius 3 is 2.55 bits per heavy atom. The van der Waals surface area contributed by atoms with E-state index in [-0.39, 0.29) is 11.7 Å². The van der Waals surface area contributed by atoms with Crippen LogP contribution in [0.5, 0.6) is 11.5 Å². The molecular formula is C20H22N4O4S. The van der Waals surface area contributed by atoms with E-state index in [4.69, 9.17) is 14.2 Å². The Kier molecular flexibility index (Phi) is 7.09. The molecule has 0 saturated carbocycles. The summed E-state index contributed by atoms with van der Waals surface area (Å²) in [5.41, 5.74) is 1.48. The Bertz CT molecular complexity index is 962. The molecule has 2 aromatic carbocycles. The van der Waals surface area contributed by atoms with E-state index in [1.54, 1.807) is 39.5 Å². The van der Waals surface area contributed by atoms with Crippen LogP contribution in [-0.2, 0) is 16.1 Å². The zero-order chi connectivity index (χ0) is 20.6. The number of carbonyl (C=O) groups is 1. The van der Waals surface area contributed by atoms with Gasteiger partial charge in [0.25, 0.3) is 0 Å². The SMILES string of the molecule is COCc1nnc(SCC(=O)Nc2ccc(OC)cc2OC)n1-c1ccccc1.